The average Bonchev–Trinajstić information content (AvgIpc) is 3.45. The number of rotatable bonds is 8. The van der Waals surface area contributed by atoms with Crippen molar-refractivity contribution < 1.29 is 18.1 Å². The highest BCUT2D eigenvalue weighted by atomic mass is 32.2. The van der Waals surface area contributed by atoms with Gasteiger partial charge >= 0.3 is 0 Å². The van der Waals surface area contributed by atoms with E-state index in [2.05, 4.69) is 15.5 Å². The number of nitro groups is 1. The van der Waals surface area contributed by atoms with Crippen LogP contribution in [-0.4, -0.2) is 56.2 Å². The number of non-ortho nitro benzene ring substituents is 1. The Labute approximate surface area is 202 Å². The number of amides is 1. The van der Waals surface area contributed by atoms with Gasteiger partial charge < -0.3 is 5.32 Å². The summed E-state index contributed by atoms with van der Waals surface area (Å²) in [7, 11) is -3.78. The number of carbonyl (C=O) groups excluding carboxylic acids is 1. The average molecular weight is 502 g/mol. The summed E-state index contributed by atoms with van der Waals surface area (Å²) >= 11 is 0. The van der Waals surface area contributed by atoms with Crippen LogP contribution in [0, 0.1) is 23.0 Å². The quantitative estimate of drug-likeness (QED) is 0.368. The predicted octanol–water partition coefficient (Wildman–Crippen LogP) is 2.40. The van der Waals surface area contributed by atoms with Crippen LogP contribution in [-0.2, 0) is 27.9 Å². The van der Waals surface area contributed by atoms with Crippen molar-refractivity contribution in [1.29, 1.82) is 0 Å². The number of sulfonamides is 1. The molecule has 0 bridgehead atoms. The van der Waals surface area contributed by atoms with Crippen molar-refractivity contribution in [2.75, 3.05) is 18.4 Å². The van der Waals surface area contributed by atoms with E-state index in [9.17, 15) is 23.3 Å². The molecular weight excluding hydrogens is 474 g/mol. The third-order valence-electron chi connectivity index (χ3n) is 6.25. The van der Waals surface area contributed by atoms with Gasteiger partial charge in [-0.05, 0) is 38.8 Å². The summed E-state index contributed by atoms with van der Waals surface area (Å²) < 4.78 is 30.7. The molecule has 4 rings (SSSR count). The highest BCUT2D eigenvalue weighted by molar-refractivity contribution is 7.89. The van der Waals surface area contributed by atoms with Gasteiger partial charge in [0.15, 0.2) is 0 Å². The van der Waals surface area contributed by atoms with E-state index in [1.807, 2.05) is 24.7 Å². The molecule has 0 spiro atoms. The lowest BCUT2D eigenvalue weighted by molar-refractivity contribution is -0.384. The molecule has 3 heterocycles. The first-order valence-corrected chi connectivity index (χ1v) is 12.7. The molecule has 1 saturated heterocycles. The normalized spacial score (nSPS) is 15.3. The molecule has 0 saturated carbocycles. The Morgan fingerprint density at radius 2 is 1.86 bits per heavy atom. The number of nitrogens with zero attached hydrogens (tertiary/aromatic N) is 6. The summed E-state index contributed by atoms with van der Waals surface area (Å²) in [6.45, 7) is 5.75. The second-order valence-electron chi connectivity index (χ2n) is 8.42. The van der Waals surface area contributed by atoms with E-state index in [0.717, 1.165) is 17.8 Å². The fourth-order valence-corrected chi connectivity index (χ4v) is 5.61. The predicted molar refractivity (Wildman–Crippen MR) is 127 cm³/mol. The van der Waals surface area contributed by atoms with Crippen LogP contribution in [0.3, 0.4) is 0 Å². The molecule has 1 fully saturated rings. The lowest BCUT2D eigenvalue weighted by Crippen LogP contribution is -2.41. The van der Waals surface area contributed by atoms with Crippen LogP contribution in [0.2, 0.25) is 0 Å². The highest BCUT2D eigenvalue weighted by Crippen LogP contribution is 2.26. The van der Waals surface area contributed by atoms with Gasteiger partial charge in [0.25, 0.3) is 5.69 Å². The number of nitrogens with one attached hydrogen (secondary N) is 1. The molecular formula is C22H27N7O5S. The Hall–Kier alpha value is -3.58. The molecule has 2 aromatic heterocycles. The second-order valence-corrected chi connectivity index (χ2v) is 10.4. The van der Waals surface area contributed by atoms with Crippen LogP contribution in [0.4, 0.5) is 11.4 Å². The first kappa shape index (κ1) is 24.5. The summed E-state index contributed by atoms with van der Waals surface area (Å²) in [6, 6.07) is 4.81. The van der Waals surface area contributed by atoms with Crippen molar-refractivity contribution in [2.24, 2.45) is 5.92 Å². The maximum Gasteiger partial charge on any atom is 0.269 e. The fraction of sp³-hybridized carbons (Fsp3) is 0.409. The number of aromatic nitrogens is 4. The van der Waals surface area contributed by atoms with Gasteiger partial charge in [-0.3, -0.25) is 24.3 Å². The lowest BCUT2D eigenvalue weighted by Gasteiger charge is -2.30. The van der Waals surface area contributed by atoms with Gasteiger partial charge in [0.05, 0.1) is 34.4 Å². The zero-order valence-corrected chi connectivity index (χ0v) is 20.3. The molecule has 1 aliphatic heterocycles. The number of aryl methyl sites for hydroxylation is 1. The maximum absolute atomic E-state index is 12.9. The van der Waals surface area contributed by atoms with Crippen LogP contribution < -0.4 is 5.32 Å². The molecule has 0 radical (unpaired) electrons. The number of benzene rings is 1. The Bertz CT molecular complexity index is 1320. The standard InChI is InChI=1S/C22H27N7O5S/c1-3-28-16(2)18(12-24-28)14-26-15-19(13-23-26)25-22(30)17-8-10-27(11-9-17)35(33,34)21-6-4-20(5-7-21)29(31)32/h4-7,12-13,15,17H,3,8-11,14H2,1-2H3,(H,25,30). The van der Waals surface area contributed by atoms with E-state index in [4.69, 9.17) is 0 Å². The van der Waals surface area contributed by atoms with Crippen LogP contribution in [0.25, 0.3) is 0 Å². The van der Waals surface area contributed by atoms with Crippen molar-refractivity contribution in [3.8, 4) is 0 Å². The molecule has 0 atom stereocenters. The first-order valence-electron chi connectivity index (χ1n) is 11.3. The number of hydrogen-bond donors (Lipinski definition) is 1. The number of piperidine rings is 1. The lowest BCUT2D eigenvalue weighted by atomic mass is 9.97. The monoisotopic (exact) mass is 501 g/mol. The minimum Gasteiger partial charge on any atom is -0.323 e. The molecule has 1 aromatic carbocycles. The van der Waals surface area contributed by atoms with Crippen LogP contribution >= 0.6 is 0 Å². The fourth-order valence-electron chi connectivity index (χ4n) is 4.14. The summed E-state index contributed by atoms with van der Waals surface area (Å²) in [5, 5.41) is 22.3. The van der Waals surface area contributed by atoms with E-state index in [1.165, 1.54) is 28.6 Å². The molecule has 13 heteroatoms. The third-order valence-corrected chi connectivity index (χ3v) is 8.16. The molecule has 1 aliphatic rings. The Morgan fingerprint density at radius 3 is 2.46 bits per heavy atom. The Kier molecular flexibility index (Phi) is 6.98. The smallest absolute Gasteiger partial charge is 0.269 e. The van der Waals surface area contributed by atoms with Gasteiger partial charge in [0.1, 0.15) is 0 Å². The summed E-state index contributed by atoms with van der Waals surface area (Å²) in [5.74, 6) is -0.501. The largest absolute Gasteiger partial charge is 0.323 e. The van der Waals surface area contributed by atoms with E-state index in [0.29, 0.717) is 25.1 Å². The minimum absolute atomic E-state index is 0.00173. The topological polar surface area (TPSA) is 145 Å². The first-order chi connectivity index (χ1) is 16.7. The van der Waals surface area contributed by atoms with Gasteiger partial charge in [0.2, 0.25) is 15.9 Å². The molecule has 0 unspecified atom stereocenters. The van der Waals surface area contributed by atoms with E-state index < -0.39 is 14.9 Å². The van der Waals surface area contributed by atoms with Crippen molar-refractivity contribution in [3.05, 3.63) is 64.2 Å². The molecule has 0 aliphatic carbocycles. The third kappa shape index (κ3) is 5.25. The molecule has 1 N–H and O–H groups in total. The highest BCUT2D eigenvalue weighted by Gasteiger charge is 2.32. The van der Waals surface area contributed by atoms with Gasteiger partial charge in [-0.25, -0.2) is 8.42 Å². The summed E-state index contributed by atoms with van der Waals surface area (Å²) in [5.41, 5.74) is 2.53. The SMILES string of the molecule is CCn1ncc(Cn2cc(NC(=O)C3CCN(S(=O)(=O)c4ccc([N+](=O)[O-])cc4)CC3)cn2)c1C. The number of hydrogen-bond acceptors (Lipinski definition) is 7. The molecule has 3 aromatic rings. The Balaban J connectivity index is 1.32. The summed E-state index contributed by atoms with van der Waals surface area (Å²) in [4.78, 5) is 23.0. The van der Waals surface area contributed by atoms with Crippen LogP contribution in [0.5, 0.6) is 0 Å². The zero-order chi connectivity index (χ0) is 25.2. The molecule has 35 heavy (non-hydrogen) atoms. The van der Waals surface area contributed by atoms with Gasteiger partial charge in [-0.2, -0.15) is 14.5 Å². The number of anilines is 1. The van der Waals surface area contributed by atoms with Crippen molar-refractivity contribution in [3.63, 3.8) is 0 Å². The minimum atomic E-state index is -3.78. The maximum atomic E-state index is 12.9. The van der Waals surface area contributed by atoms with Crippen LogP contribution in [0.15, 0.2) is 47.8 Å². The molecule has 12 nitrogen and oxygen atoms in total. The van der Waals surface area contributed by atoms with E-state index >= 15 is 0 Å². The van der Waals surface area contributed by atoms with E-state index in [-0.39, 0.29) is 35.5 Å². The summed E-state index contributed by atoms with van der Waals surface area (Å²) in [6.07, 6.45) is 5.92. The zero-order valence-electron chi connectivity index (χ0n) is 19.5. The van der Waals surface area contributed by atoms with Crippen molar-refractivity contribution in [2.45, 2.75) is 44.7 Å². The number of carbonyl (C=O) groups is 1. The van der Waals surface area contributed by atoms with Gasteiger partial charge in [-0.1, -0.05) is 0 Å². The van der Waals surface area contributed by atoms with Crippen molar-refractivity contribution >= 4 is 27.3 Å². The molecule has 186 valence electrons. The van der Waals surface area contributed by atoms with Crippen LogP contribution in [0.1, 0.15) is 31.0 Å². The second kappa shape index (κ2) is 9.96. The van der Waals surface area contributed by atoms with E-state index in [1.54, 1.807) is 17.1 Å². The number of nitro benzene ring substituents is 1. The van der Waals surface area contributed by atoms with Crippen molar-refractivity contribution in [1.82, 2.24) is 23.9 Å². The molecule has 1 amide bonds. The van der Waals surface area contributed by atoms with Gasteiger partial charge in [0, 0.05) is 55.1 Å². The Morgan fingerprint density at radius 1 is 1.17 bits per heavy atom. The van der Waals surface area contributed by atoms with Gasteiger partial charge in [-0.15, -0.1) is 0 Å².